The van der Waals surface area contributed by atoms with E-state index in [1.165, 1.54) is 0 Å². The molecule has 0 saturated carbocycles. The summed E-state index contributed by atoms with van der Waals surface area (Å²) in [6.07, 6.45) is -2.51. The summed E-state index contributed by atoms with van der Waals surface area (Å²) in [5.74, 6) is 0. The Morgan fingerprint density at radius 2 is 1.48 bits per heavy atom. The molecule has 0 aromatic heterocycles. The summed E-state index contributed by atoms with van der Waals surface area (Å²) < 4.78 is 23.3. The number of fused-ring (bicyclic) bond motifs is 2. The molecule has 132 valence electrons. The summed E-state index contributed by atoms with van der Waals surface area (Å²) in [7, 11) is 0. The molecule has 2 aliphatic rings. The zero-order valence-electron chi connectivity index (χ0n) is 13.9. The van der Waals surface area contributed by atoms with Crippen molar-refractivity contribution in [2.75, 3.05) is 6.61 Å². The summed E-state index contributed by atoms with van der Waals surface area (Å²) in [5, 5.41) is 10.4. The third-order valence-electron chi connectivity index (χ3n) is 4.61. The molecule has 4 rings (SSSR count). The lowest BCUT2D eigenvalue weighted by molar-refractivity contribution is -0.245. The van der Waals surface area contributed by atoms with Gasteiger partial charge in [0.1, 0.15) is 24.4 Å². The van der Waals surface area contributed by atoms with E-state index in [0.717, 1.165) is 11.1 Å². The van der Waals surface area contributed by atoms with Crippen molar-refractivity contribution in [2.45, 2.75) is 43.9 Å². The van der Waals surface area contributed by atoms with Crippen LogP contribution in [0.1, 0.15) is 11.1 Å². The second-order valence-corrected chi connectivity index (χ2v) is 6.39. The zero-order chi connectivity index (χ0) is 17.1. The average Bonchev–Trinajstić information content (AvgIpc) is 2.92. The van der Waals surface area contributed by atoms with Gasteiger partial charge in [0, 0.05) is 0 Å². The highest BCUT2D eigenvalue weighted by atomic mass is 16.7. The number of aliphatic hydroxyl groups excluding tert-OH is 1. The molecular weight excluding hydrogens is 320 g/mol. The molecule has 2 bridgehead atoms. The highest BCUT2D eigenvalue weighted by Crippen LogP contribution is 2.33. The van der Waals surface area contributed by atoms with Gasteiger partial charge in [0.15, 0.2) is 6.29 Å². The van der Waals surface area contributed by atoms with Gasteiger partial charge >= 0.3 is 0 Å². The van der Waals surface area contributed by atoms with Crippen LogP contribution < -0.4 is 0 Å². The van der Waals surface area contributed by atoms with E-state index < -0.39 is 18.5 Å². The maximum Gasteiger partial charge on any atom is 0.186 e. The molecule has 2 aromatic rings. The quantitative estimate of drug-likeness (QED) is 0.873. The van der Waals surface area contributed by atoms with Crippen molar-refractivity contribution in [1.82, 2.24) is 0 Å². The van der Waals surface area contributed by atoms with Crippen LogP contribution in [0.3, 0.4) is 0 Å². The minimum absolute atomic E-state index is 0.269. The van der Waals surface area contributed by atoms with E-state index >= 15 is 0 Å². The van der Waals surface area contributed by atoms with Gasteiger partial charge in [-0.2, -0.15) is 0 Å². The van der Waals surface area contributed by atoms with Crippen LogP contribution in [-0.2, 0) is 32.2 Å². The van der Waals surface area contributed by atoms with Crippen molar-refractivity contribution < 1.29 is 24.1 Å². The van der Waals surface area contributed by atoms with Crippen LogP contribution >= 0.6 is 0 Å². The van der Waals surface area contributed by atoms with Gasteiger partial charge in [-0.1, -0.05) is 60.7 Å². The number of aliphatic hydroxyl groups is 1. The van der Waals surface area contributed by atoms with Crippen LogP contribution in [-0.4, -0.2) is 42.4 Å². The monoisotopic (exact) mass is 342 g/mol. The van der Waals surface area contributed by atoms with Gasteiger partial charge in [0.2, 0.25) is 0 Å². The number of hydrogen-bond acceptors (Lipinski definition) is 5. The molecule has 1 N–H and O–H groups in total. The lowest BCUT2D eigenvalue weighted by Crippen LogP contribution is -2.44. The van der Waals surface area contributed by atoms with Crippen LogP contribution in [0.15, 0.2) is 60.7 Å². The summed E-state index contributed by atoms with van der Waals surface area (Å²) in [6, 6.07) is 19.8. The van der Waals surface area contributed by atoms with Crippen molar-refractivity contribution in [3.63, 3.8) is 0 Å². The molecule has 2 saturated heterocycles. The maximum absolute atomic E-state index is 10.4. The highest BCUT2D eigenvalue weighted by molar-refractivity contribution is 5.14. The lowest BCUT2D eigenvalue weighted by Gasteiger charge is -2.30. The van der Waals surface area contributed by atoms with Crippen LogP contribution in [0.5, 0.6) is 0 Å². The number of rotatable bonds is 6. The van der Waals surface area contributed by atoms with E-state index in [1.807, 2.05) is 60.7 Å². The van der Waals surface area contributed by atoms with E-state index in [1.54, 1.807) is 0 Å². The Kier molecular flexibility index (Phi) is 5.10. The predicted octanol–water partition coefficient (Wildman–Crippen LogP) is 2.27. The van der Waals surface area contributed by atoms with Crippen molar-refractivity contribution in [1.29, 1.82) is 0 Å². The topological polar surface area (TPSA) is 57.2 Å². The van der Waals surface area contributed by atoms with Gasteiger partial charge in [-0.05, 0) is 11.1 Å². The average molecular weight is 342 g/mol. The van der Waals surface area contributed by atoms with Crippen molar-refractivity contribution >= 4 is 0 Å². The van der Waals surface area contributed by atoms with E-state index in [9.17, 15) is 5.11 Å². The minimum atomic E-state index is -0.806. The first-order valence-corrected chi connectivity index (χ1v) is 8.57. The summed E-state index contributed by atoms with van der Waals surface area (Å²) in [5.41, 5.74) is 2.14. The molecule has 0 aliphatic carbocycles. The van der Waals surface area contributed by atoms with Crippen molar-refractivity contribution in [2.24, 2.45) is 0 Å². The summed E-state index contributed by atoms with van der Waals surface area (Å²) >= 11 is 0. The number of ether oxygens (including phenoxy) is 4. The zero-order valence-corrected chi connectivity index (χ0v) is 13.9. The van der Waals surface area contributed by atoms with Crippen LogP contribution in [0.4, 0.5) is 0 Å². The van der Waals surface area contributed by atoms with Gasteiger partial charge in [0.25, 0.3) is 0 Å². The second-order valence-electron chi connectivity index (χ2n) is 6.39. The first-order valence-electron chi connectivity index (χ1n) is 8.57. The molecule has 0 unspecified atom stereocenters. The van der Waals surface area contributed by atoms with Crippen LogP contribution in [0.2, 0.25) is 0 Å². The molecule has 25 heavy (non-hydrogen) atoms. The highest BCUT2D eigenvalue weighted by Gasteiger charge is 2.52. The van der Waals surface area contributed by atoms with Gasteiger partial charge in [-0.15, -0.1) is 0 Å². The van der Waals surface area contributed by atoms with Crippen LogP contribution in [0, 0.1) is 0 Å². The Morgan fingerprint density at radius 1 is 0.880 bits per heavy atom. The van der Waals surface area contributed by atoms with Gasteiger partial charge < -0.3 is 24.1 Å². The minimum Gasteiger partial charge on any atom is -0.385 e. The van der Waals surface area contributed by atoms with E-state index in [-0.39, 0.29) is 12.2 Å². The molecule has 5 heteroatoms. The van der Waals surface area contributed by atoms with Crippen LogP contribution in [0.25, 0.3) is 0 Å². The van der Waals surface area contributed by atoms with Gasteiger partial charge in [-0.3, -0.25) is 0 Å². The summed E-state index contributed by atoms with van der Waals surface area (Å²) in [4.78, 5) is 0. The Hall–Kier alpha value is -1.76. The normalized spacial score (nSPS) is 31.2. The van der Waals surface area contributed by atoms with Gasteiger partial charge in [0.05, 0.1) is 19.8 Å². The Balaban J connectivity index is 1.39. The van der Waals surface area contributed by atoms with Crippen molar-refractivity contribution in [3.05, 3.63) is 71.8 Å². The first-order chi connectivity index (χ1) is 12.3. The molecule has 2 aromatic carbocycles. The van der Waals surface area contributed by atoms with E-state index in [2.05, 4.69) is 0 Å². The first kappa shape index (κ1) is 16.7. The van der Waals surface area contributed by atoms with Gasteiger partial charge in [-0.25, -0.2) is 0 Å². The molecule has 2 fully saturated rings. The molecule has 2 aliphatic heterocycles. The molecule has 2 heterocycles. The molecule has 5 atom stereocenters. The predicted molar refractivity (Wildman–Crippen MR) is 90.7 cm³/mol. The molecule has 0 radical (unpaired) electrons. The molecular formula is C20H22O5. The Labute approximate surface area is 147 Å². The number of benzene rings is 2. The second kappa shape index (κ2) is 7.64. The smallest absolute Gasteiger partial charge is 0.186 e. The fourth-order valence-electron chi connectivity index (χ4n) is 3.26. The standard InChI is InChI=1S/C20H22O5/c21-17-19(23-12-15-9-5-2-6-10-15)18-16(13-24-20(17)25-18)22-11-14-7-3-1-4-8-14/h1-10,16-21H,11-13H2/t16-,17+,18-,19-,20-/m1/s1. The van der Waals surface area contributed by atoms with Crippen molar-refractivity contribution in [3.8, 4) is 0 Å². The SMILES string of the molecule is O[C@@H]1[C@@H]2OC[C@@H](OCc3ccccc3)[C@@H](O2)[C@@H]1OCc1ccccc1. The van der Waals surface area contributed by atoms with E-state index in [0.29, 0.717) is 19.8 Å². The molecule has 0 amide bonds. The Morgan fingerprint density at radius 3 is 2.12 bits per heavy atom. The Bertz CT molecular complexity index is 662. The fraction of sp³-hybridized carbons (Fsp3) is 0.400. The van der Waals surface area contributed by atoms with E-state index in [4.69, 9.17) is 18.9 Å². The third-order valence-corrected chi connectivity index (χ3v) is 4.61. The molecule has 0 spiro atoms. The fourth-order valence-corrected chi connectivity index (χ4v) is 3.26. The largest absolute Gasteiger partial charge is 0.385 e. The lowest BCUT2D eigenvalue weighted by atomic mass is 10.1. The molecule has 5 nitrogen and oxygen atoms in total. The maximum atomic E-state index is 10.4. The number of hydrogen-bond donors (Lipinski definition) is 1. The third kappa shape index (κ3) is 3.76. The summed E-state index contributed by atoms with van der Waals surface area (Å²) in [6.45, 7) is 1.28.